The maximum atomic E-state index is 10.4. The van der Waals surface area contributed by atoms with Crippen LogP contribution in [0.5, 0.6) is 0 Å². The highest BCUT2D eigenvalue weighted by molar-refractivity contribution is 5.39. The van der Waals surface area contributed by atoms with E-state index in [1.165, 1.54) is 0 Å². The summed E-state index contributed by atoms with van der Waals surface area (Å²) in [5.74, 6) is -1.36. The lowest BCUT2D eigenvalue weighted by Crippen LogP contribution is -2.63. The summed E-state index contributed by atoms with van der Waals surface area (Å²) in [6, 6.07) is 20.3. The fourth-order valence-electron chi connectivity index (χ4n) is 2.82. The van der Waals surface area contributed by atoms with E-state index in [2.05, 4.69) is 29.2 Å². The van der Waals surface area contributed by atoms with E-state index in [0.29, 0.717) is 19.6 Å². The van der Waals surface area contributed by atoms with Crippen LogP contribution in [-0.4, -0.2) is 35.4 Å². The summed E-state index contributed by atoms with van der Waals surface area (Å²) in [7, 11) is 0. The predicted molar refractivity (Wildman–Crippen MR) is 78.4 cm³/mol. The van der Waals surface area contributed by atoms with Gasteiger partial charge >= 0.3 is 0 Å². The molecular formula is C17H17NO3. The molecule has 3 rings (SSSR count). The van der Waals surface area contributed by atoms with Crippen molar-refractivity contribution in [3.8, 4) is 0 Å². The van der Waals surface area contributed by atoms with Crippen LogP contribution < -0.4 is 0 Å². The van der Waals surface area contributed by atoms with Gasteiger partial charge in [0.25, 0.3) is 6.47 Å². The van der Waals surface area contributed by atoms with Crippen molar-refractivity contribution >= 4 is 6.47 Å². The molecule has 0 bridgehead atoms. The third-order valence-corrected chi connectivity index (χ3v) is 3.76. The molecule has 108 valence electrons. The lowest BCUT2D eigenvalue weighted by atomic mass is 9.92. The summed E-state index contributed by atoms with van der Waals surface area (Å²) in [6.45, 7) is 0.914. The van der Waals surface area contributed by atoms with Gasteiger partial charge in [0.15, 0.2) is 0 Å². The first-order chi connectivity index (χ1) is 10.2. The summed E-state index contributed by atoms with van der Waals surface area (Å²) >= 11 is 0. The van der Waals surface area contributed by atoms with Crippen molar-refractivity contribution in [2.24, 2.45) is 0 Å². The Balaban J connectivity index is 1.87. The first kappa shape index (κ1) is 13.8. The van der Waals surface area contributed by atoms with Crippen molar-refractivity contribution in [1.29, 1.82) is 0 Å². The van der Waals surface area contributed by atoms with E-state index in [9.17, 15) is 9.90 Å². The van der Waals surface area contributed by atoms with E-state index in [1.807, 2.05) is 36.4 Å². The highest BCUT2D eigenvalue weighted by Gasteiger charge is 2.46. The van der Waals surface area contributed by atoms with Crippen LogP contribution >= 0.6 is 0 Å². The van der Waals surface area contributed by atoms with Gasteiger partial charge in [-0.2, -0.15) is 0 Å². The lowest BCUT2D eigenvalue weighted by Gasteiger charge is -2.48. The minimum atomic E-state index is -1.36. The first-order valence-electron chi connectivity index (χ1n) is 6.90. The standard InChI is InChI=1S/C17H17NO3/c19-13-21-17(20)11-18(12-17)16(14-7-3-1-4-8-14)15-9-5-2-6-10-15/h1-10,13,16,20H,11-12H2. The van der Waals surface area contributed by atoms with Crippen molar-refractivity contribution in [3.05, 3.63) is 71.8 Å². The molecule has 1 fully saturated rings. The van der Waals surface area contributed by atoms with Crippen molar-refractivity contribution in [1.82, 2.24) is 4.90 Å². The quantitative estimate of drug-likeness (QED) is 0.673. The van der Waals surface area contributed by atoms with E-state index in [-0.39, 0.29) is 6.04 Å². The van der Waals surface area contributed by atoms with Crippen LogP contribution in [-0.2, 0) is 9.53 Å². The van der Waals surface area contributed by atoms with E-state index < -0.39 is 5.79 Å². The third-order valence-electron chi connectivity index (χ3n) is 3.76. The molecule has 0 aliphatic carbocycles. The topological polar surface area (TPSA) is 49.8 Å². The van der Waals surface area contributed by atoms with Gasteiger partial charge in [-0.05, 0) is 11.1 Å². The molecule has 2 aromatic carbocycles. The summed E-state index contributed by atoms with van der Waals surface area (Å²) in [5.41, 5.74) is 2.30. The second kappa shape index (κ2) is 5.68. The molecule has 0 unspecified atom stereocenters. The summed E-state index contributed by atoms with van der Waals surface area (Å²) in [6.07, 6.45) is 0. The van der Waals surface area contributed by atoms with Gasteiger partial charge in [0.05, 0.1) is 19.1 Å². The fraction of sp³-hybridized carbons (Fsp3) is 0.235. The zero-order valence-electron chi connectivity index (χ0n) is 11.6. The Kier molecular flexibility index (Phi) is 3.73. The number of hydrogen-bond acceptors (Lipinski definition) is 4. The second-order valence-electron chi connectivity index (χ2n) is 5.29. The number of aliphatic hydroxyl groups is 1. The van der Waals surface area contributed by atoms with E-state index in [1.54, 1.807) is 0 Å². The molecule has 4 heteroatoms. The van der Waals surface area contributed by atoms with Crippen molar-refractivity contribution in [2.75, 3.05) is 13.1 Å². The first-order valence-corrected chi connectivity index (χ1v) is 6.90. The van der Waals surface area contributed by atoms with Gasteiger partial charge in [-0.3, -0.25) is 9.69 Å². The molecule has 1 aliphatic rings. The minimum Gasteiger partial charge on any atom is -0.433 e. The Morgan fingerprint density at radius 2 is 1.48 bits per heavy atom. The van der Waals surface area contributed by atoms with Crippen LogP contribution in [0.1, 0.15) is 17.2 Å². The predicted octanol–water partition coefficient (Wildman–Crippen LogP) is 1.95. The molecule has 2 aromatic rings. The van der Waals surface area contributed by atoms with E-state index >= 15 is 0 Å². The van der Waals surface area contributed by atoms with Crippen LogP contribution in [0.3, 0.4) is 0 Å². The number of β-amino-alcohol motifs (C(OH)–C–C–N with tert-alkyl or cyclic N) is 1. The maximum Gasteiger partial charge on any atom is 0.295 e. The van der Waals surface area contributed by atoms with Gasteiger partial charge in [0.2, 0.25) is 5.79 Å². The Morgan fingerprint density at radius 3 is 1.90 bits per heavy atom. The SMILES string of the molecule is O=COC1(O)CN(C(c2ccccc2)c2ccccc2)C1. The zero-order valence-corrected chi connectivity index (χ0v) is 11.6. The number of carbonyl (C=O) groups is 1. The van der Waals surface area contributed by atoms with Crippen LogP contribution in [0.2, 0.25) is 0 Å². The summed E-state index contributed by atoms with van der Waals surface area (Å²) in [5, 5.41) is 10.0. The average Bonchev–Trinajstić information content (AvgIpc) is 2.48. The molecule has 0 saturated carbocycles. The summed E-state index contributed by atoms with van der Waals surface area (Å²) in [4.78, 5) is 12.5. The van der Waals surface area contributed by atoms with E-state index in [4.69, 9.17) is 4.74 Å². The highest BCUT2D eigenvalue weighted by atomic mass is 16.6. The minimum absolute atomic E-state index is 0.0444. The number of carbonyl (C=O) groups excluding carboxylic acids is 1. The lowest BCUT2D eigenvalue weighted by molar-refractivity contribution is -0.257. The van der Waals surface area contributed by atoms with Gasteiger partial charge in [0, 0.05) is 0 Å². The number of likely N-dealkylation sites (tertiary alicyclic amines) is 1. The van der Waals surface area contributed by atoms with Gasteiger partial charge in [-0.25, -0.2) is 0 Å². The van der Waals surface area contributed by atoms with Gasteiger partial charge in [-0.1, -0.05) is 60.7 Å². The molecule has 1 N–H and O–H groups in total. The van der Waals surface area contributed by atoms with Crippen molar-refractivity contribution < 1.29 is 14.6 Å². The third kappa shape index (κ3) is 2.82. The van der Waals surface area contributed by atoms with Crippen molar-refractivity contribution in [2.45, 2.75) is 11.8 Å². The molecule has 4 nitrogen and oxygen atoms in total. The van der Waals surface area contributed by atoms with Gasteiger partial charge in [0.1, 0.15) is 0 Å². The molecule has 21 heavy (non-hydrogen) atoms. The second-order valence-corrected chi connectivity index (χ2v) is 5.29. The molecule has 1 aliphatic heterocycles. The Hall–Kier alpha value is -2.17. The van der Waals surface area contributed by atoms with Crippen LogP contribution in [0.25, 0.3) is 0 Å². The molecular weight excluding hydrogens is 266 g/mol. The van der Waals surface area contributed by atoms with Crippen LogP contribution in [0.4, 0.5) is 0 Å². The van der Waals surface area contributed by atoms with Gasteiger partial charge < -0.3 is 9.84 Å². The van der Waals surface area contributed by atoms with Crippen molar-refractivity contribution in [3.63, 3.8) is 0 Å². The zero-order chi connectivity index (χ0) is 14.7. The largest absolute Gasteiger partial charge is 0.433 e. The Bertz CT molecular complexity index is 554. The fourth-order valence-corrected chi connectivity index (χ4v) is 2.82. The summed E-state index contributed by atoms with van der Waals surface area (Å²) < 4.78 is 4.75. The molecule has 1 heterocycles. The molecule has 1 saturated heterocycles. The molecule has 0 radical (unpaired) electrons. The average molecular weight is 283 g/mol. The monoisotopic (exact) mass is 283 g/mol. The normalized spacial score (nSPS) is 17.2. The number of rotatable bonds is 5. The number of nitrogens with zero attached hydrogens (tertiary/aromatic N) is 1. The number of hydrogen-bond donors (Lipinski definition) is 1. The number of benzene rings is 2. The van der Waals surface area contributed by atoms with E-state index in [0.717, 1.165) is 11.1 Å². The molecule has 0 spiro atoms. The van der Waals surface area contributed by atoms with Gasteiger partial charge in [-0.15, -0.1) is 0 Å². The molecule has 0 atom stereocenters. The van der Waals surface area contributed by atoms with Crippen LogP contribution in [0, 0.1) is 0 Å². The Morgan fingerprint density at radius 1 is 1.00 bits per heavy atom. The maximum absolute atomic E-state index is 10.4. The molecule has 0 aromatic heterocycles. The van der Waals surface area contributed by atoms with Crippen LogP contribution in [0.15, 0.2) is 60.7 Å². The number of ether oxygens (including phenoxy) is 1. The smallest absolute Gasteiger partial charge is 0.295 e. The Labute approximate surface area is 123 Å². The highest BCUT2D eigenvalue weighted by Crippen LogP contribution is 2.35. The molecule has 0 amide bonds.